The molecule has 1 aliphatic carbocycles. The first-order chi connectivity index (χ1) is 8.79. The van der Waals surface area contributed by atoms with E-state index in [0.717, 1.165) is 19.3 Å². The van der Waals surface area contributed by atoms with Gasteiger partial charge in [0.2, 0.25) is 5.91 Å². The van der Waals surface area contributed by atoms with E-state index in [1.54, 1.807) is 0 Å². The molecule has 7 heteroatoms. The summed E-state index contributed by atoms with van der Waals surface area (Å²) in [4.78, 5) is 22.5. The Morgan fingerprint density at radius 2 is 1.79 bits per heavy atom. The minimum atomic E-state index is -4.37. The summed E-state index contributed by atoms with van der Waals surface area (Å²) < 4.78 is 36.0. The lowest BCUT2D eigenvalue weighted by Crippen LogP contribution is -2.43. The monoisotopic (exact) mass is 281 g/mol. The van der Waals surface area contributed by atoms with Gasteiger partial charge in [-0.15, -0.1) is 0 Å². The van der Waals surface area contributed by atoms with E-state index in [1.165, 1.54) is 0 Å². The molecule has 1 fully saturated rings. The third-order valence-corrected chi connectivity index (χ3v) is 3.32. The fourth-order valence-corrected chi connectivity index (χ4v) is 2.31. The maximum atomic E-state index is 12.0. The van der Waals surface area contributed by atoms with Crippen molar-refractivity contribution in [3.63, 3.8) is 0 Å². The molecule has 0 spiro atoms. The fourth-order valence-electron chi connectivity index (χ4n) is 2.31. The van der Waals surface area contributed by atoms with Crippen LogP contribution in [0, 0.1) is 5.92 Å². The molecule has 110 valence electrons. The Bertz CT molecular complexity index is 331. The number of rotatable bonds is 4. The molecule has 0 aromatic heterocycles. The molecule has 1 amide bonds. The molecule has 1 saturated carbocycles. The first kappa shape index (κ1) is 15.8. The molecule has 0 saturated heterocycles. The van der Waals surface area contributed by atoms with Crippen molar-refractivity contribution in [2.45, 2.75) is 57.2 Å². The lowest BCUT2D eigenvalue weighted by atomic mass is 9.94. The Balaban J connectivity index is 2.51. The Hall–Kier alpha value is -1.27. The predicted octanol–water partition coefficient (Wildman–Crippen LogP) is 2.48. The van der Waals surface area contributed by atoms with E-state index in [-0.39, 0.29) is 0 Å². The van der Waals surface area contributed by atoms with Crippen molar-refractivity contribution < 1.29 is 27.9 Å². The van der Waals surface area contributed by atoms with Crippen molar-refractivity contribution in [3.8, 4) is 0 Å². The topological polar surface area (TPSA) is 66.4 Å². The molecule has 19 heavy (non-hydrogen) atoms. The quantitative estimate of drug-likeness (QED) is 0.778. The van der Waals surface area contributed by atoms with Crippen LogP contribution in [0.4, 0.5) is 13.2 Å². The Morgan fingerprint density at radius 1 is 1.16 bits per heavy atom. The normalized spacial score (nSPS) is 24.6. The van der Waals surface area contributed by atoms with Crippen LogP contribution in [0.1, 0.15) is 44.9 Å². The van der Waals surface area contributed by atoms with E-state index in [9.17, 15) is 22.8 Å². The van der Waals surface area contributed by atoms with E-state index in [0.29, 0.717) is 12.8 Å². The van der Waals surface area contributed by atoms with Gasteiger partial charge in [0.1, 0.15) is 0 Å². The van der Waals surface area contributed by atoms with Crippen molar-refractivity contribution in [2.75, 3.05) is 0 Å². The highest BCUT2D eigenvalue weighted by atomic mass is 19.4. The van der Waals surface area contributed by atoms with Gasteiger partial charge in [-0.1, -0.05) is 19.3 Å². The van der Waals surface area contributed by atoms with Crippen molar-refractivity contribution in [3.05, 3.63) is 0 Å². The molecule has 2 atom stereocenters. The number of alkyl halides is 3. The number of carboxylic acids is 1. The van der Waals surface area contributed by atoms with Gasteiger partial charge in [-0.05, 0) is 12.8 Å². The zero-order chi connectivity index (χ0) is 14.5. The Labute approximate surface area is 109 Å². The van der Waals surface area contributed by atoms with Gasteiger partial charge >= 0.3 is 12.1 Å². The van der Waals surface area contributed by atoms with Gasteiger partial charge in [-0.2, -0.15) is 13.2 Å². The molecule has 2 N–H and O–H groups in total. The van der Waals surface area contributed by atoms with E-state index >= 15 is 0 Å². The first-order valence-corrected chi connectivity index (χ1v) is 6.38. The van der Waals surface area contributed by atoms with Crippen LogP contribution in [0.2, 0.25) is 0 Å². The number of aliphatic carboxylic acids is 1. The van der Waals surface area contributed by atoms with Crippen LogP contribution in [-0.2, 0) is 9.59 Å². The predicted molar refractivity (Wildman–Crippen MR) is 61.4 cm³/mol. The highest BCUT2D eigenvalue weighted by Crippen LogP contribution is 2.25. The zero-order valence-electron chi connectivity index (χ0n) is 10.5. The minimum Gasteiger partial charge on any atom is -0.481 e. The van der Waals surface area contributed by atoms with Gasteiger partial charge in [0.15, 0.2) is 0 Å². The lowest BCUT2D eigenvalue weighted by molar-refractivity contribution is -0.146. The molecule has 1 aliphatic rings. The third kappa shape index (κ3) is 5.94. The maximum Gasteiger partial charge on any atom is 0.389 e. The van der Waals surface area contributed by atoms with Crippen LogP contribution < -0.4 is 5.32 Å². The van der Waals surface area contributed by atoms with Crippen LogP contribution >= 0.6 is 0 Å². The number of carbonyl (C=O) groups excluding carboxylic acids is 1. The van der Waals surface area contributed by atoms with Crippen molar-refractivity contribution in [1.82, 2.24) is 5.32 Å². The number of hydrogen-bond acceptors (Lipinski definition) is 2. The summed E-state index contributed by atoms with van der Waals surface area (Å²) in [5.41, 5.74) is 0. The fraction of sp³-hybridized carbons (Fsp3) is 0.833. The number of carboxylic acid groups (broad SMARTS) is 1. The van der Waals surface area contributed by atoms with E-state index in [4.69, 9.17) is 5.11 Å². The number of amides is 1. The van der Waals surface area contributed by atoms with Gasteiger partial charge in [0, 0.05) is 12.5 Å². The number of halogens is 3. The molecule has 4 nitrogen and oxygen atoms in total. The molecule has 1 rings (SSSR count). The molecule has 0 radical (unpaired) electrons. The third-order valence-electron chi connectivity index (χ3n) is 3.32. The van der Waals surface area contributed by atoms with Crippen molar-refractivity contribution >= 4 is 11.9 Å². The minimum absolute atomic E-state index is 0.458. The molecule has 0 aromatic rings. The summed E-state index contributed by atoms with van der Waals surface area (Å²) in [6, 6.07) is -0.555. The summed E-state index contributed by atoms with van der Waals surface area (Å²) in [5, 5.41) is 11.5. The van der Waals surface area contributed by atoms with Crippen LogP contribution in [0.25, 0.3) is 0 Å². The second-order valence-electron chi connectivity index (χ2n) is 4.87. The van der Waals surface area contributed by atoms with Gasteiger partial charge < -0.3 is 10.4 Å². The number of hydrogen-bond donors (Lipinski definition) is 2. The number of carbonyl (C=O) groups is 2. The Kier molecular flexibility index (Phi) is 5.62. The van der Waals surface area contributed by atoms with Crippen LogP contribution in [0.5, 0.6) is 0 Å². The molecule has 0 bridgehead atoms. The van der Waals surface area contributed by atoms with Gasteiger partial charge in [0.25, 0.3) is 0 Å². The second-order valence-corrected chi connectivity index (χ2v) is 4.87. The summed E-state index contributed by atoms with van der Waals surface area (Å²) in [5.74, 6) is -2.42. The van der Waals surface area contributed by atoms with Gasteiger partial charge in [-0.3, -0.25) is 9.59 Å². The average Bonchev–Trinajstić information content (AvgIpc) is 2.51. The van der Waals surface area contributed by atoms with Gasteiger partial charge in [-0.25, -0.2) is 0 Å². The highest BCUT2D eigenvalue weighted by Gasteiger charge is 2.32. The largest absolute Gasteiger partial charge is 0.481 e. The summed E-state index contributed by atoms with van der Waals surface area (Å²) >= 11 is 0. The SMILES string of the molecule is O=C(CCC(F)(F)F)NC1CCCCCC1C(=O)O. The maximum absolute atomic E-state index is 12.0. The average molecular weight is 281 g/mol. The molecule has 2 unspecified atom stereocenters. The molecular weight excluding hydrogens is 263 g/mol. The van der Waals surface area contributed by atoms with Crippen LogP contribution in [-0.4, -0.2) is 29.2 Å². The second kappa shape index (κ2) is 6.77. The molecular formula is C12H18F3NO3. The van der Waals surface area contributed by atoms with E-state index < -0.39 is 42.9 Å². The first-order valence-electron chi connectivity index (χ1n) is 6.38. The smallest absolute Gasteiger partial charge is 0.389 e. The van der Waals surface area contributed by atoms with Crippen LogP contribution in [0.15, 0.2) is 0 Å². The summed E-state index contributed by atoms with van der Waals surface area (Å²) in [6.45, 7) is 0. The lowest BCUT2D eigenvalue weighted by Gasteiger charge is -2.23. The summed E-state index contributed by atoms with van der Waals surface area (Å²) in [6.07, 6.45) is -2.78. The van der Waals surface area contributed by atoms with E-state index in [2.05, 4.69) is 5.32 Å². The van der Waals surface area contributed by atoms with Gasteiger partial charge in [0.05, 0.1) is 12.3 Å². The molecule has 0 heterocycles. The van der Waals surface area contributed by atoms with Crippen molar-refractivity contribution in [2.24, 2.45) is 5.92 Å². The summed E-state index contributed by atoms with van der Waals surface area (Å²) in [7, 11) is 0. The van der Waals surface area contributed by atoms with Crippen LogP contribution in [0.3, 0.4) is 0 Å². The molecule has 0 aliphatic heterocycles. The molecule has 0 aromatic carbocycles. The zero-order valence-corrected chi connectivity index (χ0v) is 10.5. The number of nitrogens with one attached hydrogen (secondary N) is 1. The standard InChI is InChI=1S/C12H18F3NO3/c13-12(14,15)7-6-10(17)16-9-5-3-1-2-4-8(9)11(18)19/h8-9H,1-7H2,(H,16,17)(H,18,19). The van der Waals surface area contributed by atoms with Crippen molar-refractivity contribution in [1.29, 1.82) is 0 Å². The highest BCUT2D eigenvalue weighted by molar-refractivity contribution is 5.78. The Morgan fingerprint density at radius 3 is 2.37 bits per heavy atom. The van der Waals surface area contributed by atoms with E-state index in [1.807, 2.05) is 0 Å².